The molecule has 1 aromatic carbocycles. The minimum absolute atomic E-state index is 0.0666. The predicted octanol–water partition coefficient (Wildman–Crippen LogP) is 2.95. The first-order valence-corrected chi connectivity index (χ1v) is 8.02. The van der Waals surface area contributed by atoms with E-state index in [4.69, 9.17) is 4.74 Å². The molecule has 4 nitrogen and oxygen atoms in total. The highest BCUT2D eigenvalue weighted by atomic mass is 32.2. The van der Waals surface area contributed by atoms with E-state index in [9.17, 15) is 9.59 Å². The maximum Gasteiger partial charge on any atom is 0.338 e. The van der Waals surface area contributed by atoms with E-state index in [1.165, 1.54) is 0 Å². The molecule has 0 saturated heterocycles. The van der Waals surface area contributed by atoms with Gasteiger partial charge in [-0.3, -0.25) is 4.79 Å². The number of ether oxygens (including phenoxy) is 1. The number of amides is 1. The van der Waals surface area contributed by atoms with E-state index in [1.54, 1.807) is 36.0 Å². The molecule has 0 heterocycles. The fraction of sp³-hybridized carbons (Fsp3) is 0.467. The van der Waals surface area contributed by atoms with Crippen molar-refractivity contribution in [1.82, 2.24) is 0 Å². The molecule has 2 rings (SSSR count). The van der Waals surface area contributed by atoms with Crippen LogP contribution in [0.5, 0.6) is 0 Å². The fourth-order valence-corrected chi connectivity index (χ4v) is 2.19. The van der Waals surface area contributed by atoms with Crippen LogP contribution in [-0.4, -0.2) is 30.0 Å². The van der Waals surface area contributed by atoms with Crippen molar-refractivity contribution >= 4 is 29.3 Å². The van der Waals surface area contributed by atoms with Crippen LogP contribution in [0.3, 0.4) is 0 Å². The van der Waals surface area contributed by atoms with Gasteiger partial charge in [-0.05, 0) is 42.9 Å². The molecular weight excluding hydrogens is 274 g/mol. The topological polar surface area (TPSA) is 55.4 Å². The van der Waals surface area contributed by atoms with E-state index in [1.807, 2.05) is 0 Å². The van der Waals surface area contributed by atoms with Gasteiger partial charge in [-0.25, -0.2) is 4.79 Å². The quantitative estimate of drug-likeness (QED) is 0.620. The first-order chi connectivity index (χ1) is 9.70. The van der Waals surface area contributed by atoms with Gasteiger partial charge in [-0.1, -0.05) is 6.92 Å². The Morgan fingerprint density at radius 2 is 2.00 bits per heavy atom. The number of carbonyl (C=O) groups is 2. The molecule has 1 fully saturated rings. The normalized spacial score (nSPS) is 13.8. The van der Waals surface area contributed by atoms with Crippen molar-refractivity contribution in [3.8, 4) is 0 Å². The zero-order chi connectivity index (χ0) is 14.4. The van der Waals surface area contributed by atoms with E-state index in [0.29, 0.717) is 12.2 Å². The monoisotopic (exact) mass is 293 g/mol. The number of thioether (sulfide) groups is 1. The van der Waals surface area contributed by atoms with Crippen LogP contribution in [-0.2, 0) is 9.53 Å². The van der Waals surface area contributed by atoms with Gasteiger partial charge in [0.2, 0.25) is 5.91 Å². The van der Waals surface area contributed by atoms with Gasteiger partial charge < -0.3 is 10.1 Å². The molecule has 1 saturated carbocycles. The standard InChI is InChI=1S/C15H19NO3S/c1-2-20-10-9-19-15(18)12-5-7-13(8-6-12)16-14(17)11-3-4-11/h5-8,11H,2-4,9-10H2,1H3,(H,16,17). The molecule has 0 unspecified atom stereocenters. The Labute approximate surface area is 123 Å². The van der Waals surface area contributed by atoms with E-state index < -0.39 is 0 Å². The lowest BCUT2D eigenvalue weighted by Gasteiger charge is -2.06. The number of rotatable bonds is 7. The molecule has 1 N–H and O–H groups in total. The van der Waals surface area contributed by atoms with Crippen molar-refractivity contribution in [3.63, 3.8) is 0 Å². The number of anilines is 1. The van der Waals surface area contributed by atoms with Crippen LogP contribution in [0, 0.1) is 5.92 Å². The van der Waals surface area contributed by atoms with E-state index in [-0.39, 0.29) is 17.8 Å². The average Bonchev–Trinajstić information content (AvgIpc) is 3.29. The summed E-state index contributed by atoms with van der Waals surface area (Å²) >= 11 is 1.74. The van der Waals surface area contributed by atoms with Gasteiger partial charge in [0.1, 0.15) is 6.61 Å². The fourth-order valence-electron chi connectivity index (χ4n) is 1.70. The predicted molar refractivity (Wildman–Crippen MR) is 81.1 cm³/mol. The molecule has 0 bridgehead atoms. The Morgan fingerprint density at radius 1 is 1.30 bits per heavy atom. The molecule has 0 radical (unpaired) electrons. The van der Waals surface area contributed by atoms with Gasteiger partial charge in [0.25, 0.3) is 0 Å². The molecule has 1 amide bonds. The smallest absolute Gasteiger partial charge is 0.338 e. The van der Waals surface area contributed by atoms with Crippen molar-refractivity contribution in [3.05, 3.63) is 29.8 Å². The van der Waals surface area contributed by atoms with Crippen LogP contribution >= 0.6 is 11.8 Å². The zero-order valence-corrected chi connectivity index (χ0v) is 12.4. The minimum atomic E-state index is -0.318. The van der Waals surface area contributed by atoms with E-state index in [0.717, 1.165) is 30.0 Å². The average molecular weight is 293 g/mol. The Balaban J connectivity index is 1.80. The second kappa shape index (κ2) is 7.33. The summed E-state index contributed by atoms with van der Waals surface area (Å²) in [6.45, 7) is 2.50. The third-order valence-electron chi connectivity index (χ3n) is 3.00. The highest BCUT2D eigenvalue weighted by Gasteiger charge is 2.29. The summed E-state index contributed by atoms with van der Waals surface area (Å²) in [5.74, 6) is 1.76. The lowest BCUT2D eigenvalue weighted by atomic mass is 10.2. The second-order valence-electron chi connectivity index (χ2n) is 4.67. The number of esters is 1. The van der Waals surface area contributed by atoms with Crippen molar-refractivity contribution in [2.24, 2.45) is 5.92 Å². The van der Waals surface area contributed by atoms with Crippen LogP contribution in [0.25, 0.3) is 0 Å². The van der Waals surface area contributed by atoms with Crippen molar-refractivity contribution in [2.45, 2.75) is 19.8 Å². The summed E-state index contributed by atoms with van der Waals surface area (Å²) in [5.41, 5.74) is 1.23. The first-order valence-electron chi connectivity index (χ1n) is 6.86. The van der Waals surface area contributed by atoms with Gasteiger partial charge in [0, 0.05) is 17.4 Å². The highest BCUT2D eigenvalue weighted by Crippen LogP contribution is 2.30. The molecule has 20 heavy (non-hydrogen) atoms. The number of hydrogen-bond donors (Lipinski definition) is 1. The molecule has 1 aliphatic rings. The van der Waals surface area contributed by atoms with Gasteiger partial charge in [0.05, 0.1) is 5.56 Å². The molecule has 0 aliphatic heterocycles. The summed E-state index contributed by atoms with van der Waals surface area (Å²) < 4.78 is 5.15. The van der Waals surface area contributed by atoms with E-state index in [2.05, 4.69) is 12.2 Å². The molecule has 0 spiro atoms. The largest absolute Gasteiger partial charge is 0.461 e. The van der Waals surface area contributed by atoms with Gasteiger partial charge in [-0.2, -0.15) is 11.8 Å². The zero-order valence-electron chi connectivity index (χ0n) is 11.6. The summed E-state index contributed by atoms with van der Waals surface area (Å²) in [4.78, 5) is 23.3. The third kappa shape index (κ3) is 4.56. The van der Waals surface area contributed by atoms with Crippen molar-refractivity contribution in [1.29, 1.82) is 0 Å². The molecular formula is C15H19NO3S. The number of nitrogens with one attached hydrogen (secondary N) is 1. The Morgan fingerprint density at radius 3 is 2.60 bits per heavy atom. The van der Waals surface area contributed by atoms with Gasteiger partial charge >= 0.3 is 5.97 Å². The highest BCUT2D eigenvalue weighted by molar-refractivity contribution is 7.99. The second-order valence-corrected chi connectivity index (χ2v) is 6.07. The number of benzene rings is 1. The summed E-state index contributed by atoms with van der Waals surface area (Å²) in [5, 5.41) is 2.84. The Hall–Kier alpha value is -1.49. The van der Waals surface area contributed by atoms with Crippen molar-refractivity contribution in [2.75, 3.05) is 23.4 Å². The Bertz CT molecular complexity index is 469. The lowest BCUT2D eigenvalue weighted by molar-refractivity contribution is -0.117. The molecule has 0 aromatic heterocycles. The SMILES string of the molecule is CCSCCOC(=O)c1ccc(NC(=O)C2CC2)cc1. The molecule has 0 atom stereocenters. The summed E-state index contributed by atoms with van der Waals surface area (Å²) in [7, 11) is 0. The molecule has 108 valence electrons. The number of carbonyl (C=O) groups excluding carboxylic acids is 2. The molecule has 1 aliphatic carbocycles. The molecule has 1 aromatic rings. The van der Waals surface area contributed by atoms with Crippen LogP contribution in [0.1, 0.15) is 30.1 Å². The van der Waals surface area contributed by atoms with Crippen LogP contribution in [0.4, 0.5) is 5.69 Å². The van der Waals surface area contributed by atoms with Gasteiger partial charge in [-0.15, -0.1) is 0 Å². The minimum Gasteiger partial charge on any atom is -0.461 e. The van der Waals surface area contributed by atoms with Crippen molar-refractivity contribution < 1.29 is 14.3 Å². The van der Waals surface area contributed by atoms with Gasteiger partial charge in [0.15, 0.2) is 0 Å². The Kier molecular flexibility index (Phi) is 5.47. The summed E-state index contributed by atoms with van der Waals surface area (Å²) in [6, 6.07) is 6.82. The van der Waals surface area contributed by atoms with Crippen LogP contribution < -0.4 is 5.32 Å². The molecule has 5 heteroatoms. The maximum absolute atomic E-state index is 11.7. The number of hydrogen-bond acceptors (Lipinski definition) is 4. The lowest BCUT2D eigenvalue weighted by Crippen LogP contribution is -2.13. The van der Waals surface area contributed by atoms with Crippen LogP contribution in [0.2, 0.25) is 0 Å². The van der Waals surface area contributed by atoms with Crippen LogP contribution in [0.15, 0.2) is 24.3 Å². The summed E-state index contributed by atoms with van der Waals surface area (Å²) in [6.07, 6.45) is 1.96. The first kappa shape index (κ1) is 14.9. The maximum atomic E-state index is 11.7. The van der Waals surface area contributed by atoms with E-state index >= 15 is 0 Å². The third-order valence-corrected chi connectivity index (χ3v) is 3.86.